The molecule has 0 atom stereocenters. The van der Waals surface area contributed by atoms with Crippen LogP contribution < -0.4 is 4.72 Å². The zero-order valence-electron chi connectivity index (χ0n) is 14.0. The minimum absolute atomic E-state index is 0.0432. The second kappa shape index (κ2) is 7.80. The summed E-state index contributed by atoms with van der Waals surface area (Å²) in [6.07, 6.45) is 0. The van der Waals surface area contributed by atoms with Crippen LogP contribution in [0.15, 0.2) is 39.9 Å². The molecule has 0 amide bonds. The molecule has 142 valence electrons. The average Bonchev–Trinajstić information content (AvgIpc) is 3.38. The molecule has 3 heterocycles. The number of carbonyl (C=O) groups is 2. The Kier molecular flexibility index (Phi) is 5.65. The molecule has 27 heavy (non-hydrogen) atoms. The zero-order chi connectivity index (χ0) is 19.6. The Balaban J connectivity index is 2.03. The fourth-order valence-corrected chi connectivity index (χ4v) is 6.52. The predicted octanol–water partition coefficient (Wildman–Crippen LogP) is 3.91. The highest BCUT2D eigenvalue weighted by atomic mass is 32.2. The first-order chi connectivity index (χ1) is 12.9. The van der Waals surface area contributed by atoms with E-state index >= 15 is 0 Å². The van der Waals surface area contributed by atoms with Crippen molar-refractivity contribution in [3.8, 4) is 9.75 Å². The van der Waals surface area contributed by atoms with Gasteiger partial charge in [0.2, 0.25) is 0 Å². The summed E-state index contributed by atoms with van der Waals surface area (Å²) < 4.78 is 37.4. The SMILES string of the molecule is COC(=O)c1sc(-c2cccs2)cc1NS(=O)(=O)c1ccsc1C(=O)OC. The van der Waals surface area contributed by atoms with Crippen molar-refractivity contribution in [2.75, 3.05) is 18.9 Å². The minimum atomic E-state index is -4.11. The van der Waals surface area contributed by atoms with Gasteiger partial charge in [-0.1, -0.05) is 6.07 Å². The monoisotopic (exact) mass is 443 g/mol. The van der Waals surface area contributed by atoms with Gasteiger partial charge in [0, 0.05) is 9.75 Å². The standard InChI is InChI=1S/C16H13NO6S4/c1-22-15(18)13-9(8-11(26-13)10-4-3-6-24-10)17-27(20,21)12-5-7-25-14(12)16(19)23-2/h3-8,17H,1-2H3. The number of sulfonamides is 1. The molecule has 0 unspecified atom stereocenters. The van der Waals surface area contributed by atoms with Gasteiger partial charge >= 0.3 is 11.9 Å². The number of ether oxygens (including phenoxy) is 2. The van der Waals surface area contributed by atoms with Gasteiger partial charge in [0.1, 0.15) is 14.6 Å². The van der Waals surface area contributed by atoms with Gasteiger partial charge in [0.25, 0.3) is 10.0 Å². The van der Waals surface area contributed by atoms with E-state index in [9.17, 15) is 18.0 Å². The number of nitrogens with one attached hydrogen (secondary N) is 1. The molecule has 3 aromatic rings. The molecule has 11 heteroatoms. The van der Waals surface area contributed by atoms with E-state index < -0.39 is 22.0 Å². The minimum Gasteiger partial charge on any atom is -0.465 e. The largest absolute Gasteiger partial charge is 0.465 e. The third-order valence-corrected chi connectivity index (χ3v) is 8.01. The molecule has 3 rings (SSSR count). The topological polar surface area (TPSA) is 98.8 Å². The molecular weight excluding hydrogens is 430 g/mol. The Morgan fingerprint density at radius 2 is 1.67 bits per heavy atom. The van der Waals surface area contributed by atoms with E-state index in [4.69, 9.17) is 4.74 Å². The van der Waals surface area contributed by atoms with Crippen molar-refractivity contribution in [3.05, 3.63) is 44.8 Å². The molecular formula is C16H13NO6S4. The fraction of sp³-hybridized carbons (Fsp3) is 0.125. The van der Waals surface area contributed by atoms with E-state index in [1.807, 2.05) is 17.5 Å². The number of thiophene rings is 3. The summed E-state index contributed by atoms with van der Waals surface area (Å²) in [5.74, 6) is -1.40. The molecule has 0 saturated heterocycles. The first kappa shape index (κ1) is 19.5. The molecule has 0 radical (unpaired) electrons. The second-order valence-corrected chi connectivity index (χ2v) is 9.60. The summed E-state index contributed by atoms with van der Waals surface area (Å²) in [5.41, 5.74) is 0.0947. The average molecular weight is 444 g/mol. The van der Waals surface area contributed by atoms with Gasteiger partial charge in [-0.15, -0.1) is 34.0 Å². The number of methoxy groups -OCH3 is 2. The van der Waals surface area contributed by atoms with E-state index in [1.165, 1.54) is 37.0 Å². The molecule has 0 spiro atoms. The lowest BCUT2D eigenvalue weighted by Gasteiger charge is -2.08. The van der Waals surface area contributed by atoms with Gasteiger partial charge in [-0.05, 0) is 29.0 Å². The van der Waals surface area contributed by atoms with Gasteiger partial charge in [-0.25, -0.2) is 18.0 Å². The number of carbonyl (C=O) groups excluding carboxylic acids is 2. The van der Waals surface area contributed by atoms with Gasteiger partial charge < -0.3 is 9.47 Å². The van der Waals surface area contributed by atoms with Crippen molar-refractivity contribution in [2.24, 2.45) is 0 Å². The molecule has 0 aliphatic carbocycles. The number of hydrogen-bond donors (Lipinski definition) is 1. The van der Waals surface area contributed by atoms with Gasteiger partial charge in [-0.2, -0.15) is 0 Å². The van der Waals surface area contributed by atoms with Crippen LogP contribution in [-0.2, 0) is 19.5 Å². The number of anilines is 1. The Morgan fingerprint density at radius 3 is 2.30 bits per heavy atom. The molecule has 7 nitrogen and oxygen atoms in total. The smallest absolute Gasteiger partial charge is 0.350 e. The summed E-state index contributed by atoms with van der Waals surface area (Å²) in [5, 5.41) is 3.36. The Hall–Kier alpha value is -2.21. The maximum absolute atomic E-state index is 12.8. The first-order valence-electron chi connectivity index (χ1n) is 7.32. The van der Waals surface area contributed by atoms with Crippen LogP contribution in [0.4, 0.5) is 5.69 Å². The van der Waals surface area contributed by atoms with Gasteiger partial charge in [0.05, 0.1) is 19.9 Å². The molecule has 0 fully saturated rings. The molecule has 3 aromatic heterocycles. The Labute approximate surface area is 167 Å². The van der Waals surface area contributed by atoms with Crippen molar-refractivity contribution < 1.29 is 27.5 Å². The lowest BCUT2D eigenvalue weighted by Crippen LogP contribution is -2.17. The quantitative estimate of drug-likeness (QED) is 0.580. The summed E-state index contributed by atoms with van der Waals surface area (Å²) in [4.78, 5) is 25.4. The van der Waals surface area contributed by atoms with Crippen LogP contribution in [0.5, 0.6) is 0 Å². The fourth-order valence-electron chi connectivity index (χ4n) is 2.20. The molecule has 0 saturated carbocycles. The van der Waals surface area contributed by atoms with Crippen molar-refractivity contribution in [1.29, 1.82) is 0 Å². The predicted molar refractivity (Wildman–Crippen MR) is 105 cm³/mol. The highest BCUT2D eigenvalue weighted by Crippen LogP contribution is 2.38. The van der Waals surface area contributed by atoms with E-state index in [0.29, 0.717) is 0 Å². The molecule has 0 aliphatic rings. The maximum Gasteiger partial charge on any atom is 0.350 e. The van der Waals surface area contributed by atoms with Crippen molar-refractivity contribution in [2.45, 2.75) is 4.90 Å². The van der Waals surface area contributed by atoms with Crippen LogP contribution in [0.1, 0.15) is 19.3 Å². The van der Waals surface area contributed by atoms with Crippen molar-refractivity contribution in [3.63, 3.8) is 0 Å². The molecule has 0 aromatic carbocycles. The number of rotatable bonds is 6. The van der Waals surface area contributed by atoms with Crippen molar-refractivity contribution in [1.82, 2.24) is 0 Å². The van der Waals surface area contributed by atoms with Crippen LogP contribution in [0.25, 0.3) is 9.75 Å². The summed E-state index contributed by atoms with van der Waals surface area (Å²) in [6.45, 7) is 0. The van der Waals surface area contributed by atoms with E-state index in [-0.39, 0.29) is 20.3 Å². The van der Waals surface area contributed by atoms with Crippen LogP contribution in [-0.4, -0.2) is 34.6 Å². The van der Waals surface area contributed by atoms with Crippen molar-refractivity contribution >= 4 is 61.7 Å². The molecule has 0 bridgehead atoms. The summed E-state index contributed by atoms with van der Waals surface area (Å²) in [7, 11) is -1.72. The molecule has 1 N–H and O–H groups in total. The van der Waals surface area contributed by atoms with Crippen LogP contribution in [0, 0.1) is 0 Å². The summed E-state index contributed by atoms with van der Waals surface area (Å²) >= 11 is 3.54. The van der Waals surface area contributed by atoms with Crippen LogP contribution >= 0.6 is 34.0 Å². The normalized spacial score (nSPS) is 11.2. The lowest BCUT2D eigenvalue weighted by atomic mass is 10.3. The van der Waals surface area contributed by atoms with Crippen LogP contribution in [0.2, 0.25) is 0 Å². The van der Waals surface area contributed by atoms with Gasteiger partial charge in [-0.3, -0.25) is 4.72 Å². The van der Waals surface area contributed by atoms with Crippen LogP contribution in [0.3, 0.4) is 0 Å². The Bertz CT molecular complexity index is 1080. The van der Waals surface area contributed by atoms with E-state index in [2.05, 4.69) is 9.46 Å². The van der Waals surface area contributed by atoms with E-state index in [0.717, 1.165) is 32.4 Å². The molecule has 0 aliphatic heterocycles. The second-order valence-electron chi connectivity index (χ2n) is 5.03. The number of hydrogen-bond acceptors (Lipinski definition) is 9. The third-order valence-electron chi connectivity index (χ3n) is 3.40. The third kappa shape index (κ3) is 3.90. The maximum atomic E-state index is 12.8. The lowest BCUT2D eigenvalue weighted by molar-refractivity contribution is 0.0595. The highest BCUT2D eigenvalue weighted by Gasteiger charge is 2.28. The van der Waals surface area contributed by atoms with Gasteiger partial charge in [0.15, 0.2) is 0 Å². The Morgan fingerprint density at radius 1 is 0.963 bits per heavy atom. The summed E-state index contributed by atoms with van der Waals surface area (Å²) in [6, 6.07) is 6.60. The highest BCUT2D eigenvalue weighted by molar-refractivity contribution is 7.93. The first-order valence-corrected chi connectivity index (χ1v) is 11.4. The van der Waals surface area contributed by atoms with E-state index in [1.54, 1.807) is 6.07 Å². The number of esters is 2. The zero-order valence-corrected chi connectivity index (χ0v) is 17.3.